The van der Waals surface area contributed by atoms with Crippen molar-refractivity contribution in [1.29, 1.82) is 0 Å². The van der Waals surface area contributed by atoms with Crippen LogP contribution in [0, 0.1) is 11.8 Å². The van der Waals surface area contributed by atoms with Crippen molar-refractivity contribution in [3.05, 3.63) is 11.3 Å². The van der Waals surface area contributed by atoms with E-state index in [9.17, 15) is 19.2 Å². The van der Waals surface area contributed by atoms with Gasteiger partial charge in [0.1, 0.15) is 11.8 Å². The molecule has 0 spiro atoms. The zero-order chi connectivity index (χ0) is 21.4. The van der Waals surface area contributed by atoms with E-state index in [0.29, 0.717) is 5.71 Å². The van der Waals surface area contributed by atoms with Crippen molar-refractivity contribution >= 4 is 29.5 Å². The van der Waals surface area contributed by atoms with Crippen LogP contribution in [0.4, 0.5) is 0 Å². The van der Waals surface area contributed by atoms with Gasteiger partial charge in [-0.05, 0) is 27.2 Å². The fourth-order valence-corrected chi connectivity index (χ4v) is 3.15. The Morgan fingerprint density at radius 3 is 2.25 bits per heavy atom. The molecule has 1 rings (SSSR count). The maximum atomic E-state index is 12.8. The van der Waals surface area contributed by atoms with Crippen molar-refractivity contribution in [3.63, 3.8) is 0 Å². The number of hydrogen-bond acceptors (Lipinski definition) is 8. The summed E-state index contributed by atoms with van der Waals surface area (Å²) in [7, 11) is 2.33. The number of ether oxygens (including phenoxy) is 3. The monoisotopic (exact) mass is 396 g/mol. The van der Waals surface area contributed by atoms with E-state index in [1.165, 1.54) is 14.0 Å². The van der Waals surface area contributed by atoms with Crippen molar-refractivity contribution in [2.24, 2.45) is 16.8 Å². The molecule has 0 aromatic carbocycles. The lowest BCUT2D eigenvalue weighted by Gasteiger charge is -2.29. The molecule has 0 aliphatic carbocycles. The molecule has 0 radical (unpaired) electrons. The molecule has 1 aliphatic rings. The van der Waals surface area contributed by atoms with Crippen LogP contribution in [0.2, 0.25) is 0 Å². The van der Waals surface area contributed by atoms with Gasteiger partial charge in [0.25, 0.3) is 5.91 Å². The van der Waals surface area contributed by atoms with Crippen molar-refractivity contribution in [2.75, 3.05) is 20.8 Å². The van der Waals surface area contributed by atoms with Crippen molar-refractivity contribution < 1.29 is 33.4 Å². The minimum absolute atomic E-state index is 0.0594. The SMILES string of the molecule is CCC[C@@H](C)NC(=O)COC(=O)[C@@H]1C(C(=O)OC)=C(C)N=C(C)C1C(=O)OC. The molecule has 0 saturated carbocycles. The Labute approximate surface area is 164 Å². The van der Waals surface area contributed by atoms with Crippen molar-refractivity contribution in [3.8, 4) is 0 Å². The summed E-state index contributed by atoms with van der Waals surface area (Å²) in [5.41, 5.74) is 0.459. The van der Waals surface area contributed by atoms with Gasteiger partial charge < -0.3 is 19.5 Å². The van der Waals surface area contributed by atoms with Crippen LogP contribution in [-0.4, -0.2) is 56.4 Å². The molecule has 28 heavy (non-hydrogen) atoms. The van der Waals surface area contributed by atoms with Gasteiger partial charge in [-0.15, -0.1) is 0 Å². The number of methoxy groups -OCH3 is 2. The Hall–Kier alpha value is -2.71. The van der Waals surface area contributed by atoms with Gasteiger partial charge in [0.15, 0.2) is 6.61 Å². The average molecular weight is 396 g/mol. The molecule has 9 heteroatoms. The van der Waals surface area contributed by atoms with Crippen molar-refractivity contribution in [2.45, 2.75) is 46.6 Å². The molecular formula is C19H28N2O7. The maximum Gasteiger partial charge on any atom is 0.336 e. The van der Waals surface area contributed by atoms with E-state index < -0.39 is 42.3 Å². The summed E-state index contributed by atoms with van der Waals surface area (Å²) in [4.78, 5) is 53.4. The first-order valence-corrected chi connectivity index (χ1v) is 9.05. The summed E-state index contributed by atoms with van der Waals surface area (Å²) in [6.07, 6.45) is 1.69. The molecular weight excluding hydrogens is 368 g/mol. The third-order valence-electron chi connectivity index (χ3n) is 4.42. The van der Waals surface area contributed by atoms with Crippen LogP contribution in [0.15, 0.2) is 16.3 Å². The maximum absolute atomic E-state index is 12.8. The van der Waals surface area contributed by atoms with Gasteiger partial charge in [-0.3, -0.25) is 19.4 Å². The number of hydrogen-bond donors (Lipinski definition) is 1. The number of allylic oxidation sites excluding steroid dienone is 1. The quantitative estimate of drug-likeness (QED) is 0.483. The van der Waals surface area contributed by atoms with Crippen LogP contribution in [0.5, 0.6) is 0 Å². The summed E-state index contributed by atoms with van der Waals surface area (Å²) in [6, 6.07) is -0.0594. The number of amides is 1. The van der Waals surface area contributed by atoms with E-state index in [0.717, 1.165) is 20.0 Å². The number of nitrogens with one attached hydrogen (secondary N) is 1. The lowest BCUT2D eigenvalue weighted by atomic mass is 9.80. The molecule has 0 saturated heterocycles. The van der Waals surface area contributed by atoms with E-state index in [2.05, 4.69) is 10.3 Å². The highest BCUT2D eigenvalue weighted by Crippen LogP contribution is 2.33. The fraction of sp³-hybridized carbons (Fsp3) is 0.632. The summed E-state index contributed by atoms with van der Waals surface area (Å²) in [6.45, 7) is 6.40. The van der Waals surface area contributed by atoms with Gasteiger partial charge >= 0.3 is 17.9 Å². The highest BCUT2D eigenvalue weighted by atomic mass is 16.5. The topological polar surface area (TPSA) is 120 Å². The molecule has 0 aromatic rings. The molecule has 1 unspecified atom stereocenters. The smallest absolute Gasteiger partial charge is 0.336 e. The lowest BCUT2D eigenvalue weighted by Crippen LogP contribution is -2.43. The number of nitrogens with zero attached hydrogens (tertiary/aromatic N) is 1. The zero-order valence-corrected chi connectivity index (χ0v) is 17.2. The first kappa shape index (κ1) is 23.3. The Kier molecular flexibility index (Phi) is 8.81. The van der Waals surface area contributed by atoms with Crippen LogP contribution in [-0.2, 0) is 33.4 Å². The molecule has 3 atom stereocenters. The molecule has 156 valence electrons. The second-order valence-corrected chi connectivity index (χ2v) is 6.59. The van der Waals surface area contributed by atoms with E-state index in [1.807, 2.05) is 13.8 Å². The average Bonchev–Trinajstić information content (AvgIpc) is 2.64. The summed E-state index contributed by atoms with van der Waals surface area (Å²) >= 11 is 0. The number of esters is 3. The summed E-state index contributed by atoms with van der Waals surface area (Å²) in [5, 5.41) is 2.71. The van der Waals surface area contributed by atoms with Crippen LogP contribution in [0.3, 0.4) is 0 Å². The molecule has 1 N–H and O–H groups in total. The Bertz CT molecular complexity index is 696. The molecule has 0 bridgehead atoms. The van der Waals surface area contributed by atoms with E-state index in [1.54, 1.807) is 6.92 Å². The Morgan fingerprint density at radius 2 is 1.71 bits per heavy atom. The molecule has 1 heterocycles. The predicted octanol–water partition coefficient (Wildman–Crippen LogP) is 1.16. The largest absolute Gasteiger partial charge is 0.468 e. The van der Waals surface area contributed by atoms with Crippen LogP contribution < -0.4 is 5.32 Å². The lowest BCUT2D eigenvalue weighted by molar-refractivity contribution is -0.158. The Morgan fingerprint density at radius 1 is 1.07 bits per heavy atom. The summed E-state index contributed by atoms with van der Waals surface area (Å²) in [5.74, 6) is -5.35. The standard InChI is InChI=1S/C19H28N2O7/c1-7-8-10(2)20-13(22)9-28-19(25)16-14(17(23)26-5)11(3)21-12(4)15(16)18(24)27-6/h10,14,16H,7-9H2,1-6H3,(H,20,22)/t10-,14?,16+/m1/s1. The zero-order valence-electron chi connectivity index (χ0n) is 17.2. The number of rotatable bonds is 8. The number of carbonyl (C=O) groups is 4. The molecule has 0 aromatic heterocycles. The third kappa shape index (κ3) is 5.64. The minimum Gasteiger partial charge on any atom is -0.468 e. The fourth-order valence-electron chi connectivity index (χ4n) is 3.15. The second kappa shape index (κ2) is 10.6. The molecule has 1 amide bonds. The molecule has 0 fully saturated rings. The number of aliphatic imine (C=N–C) groups is 1. The van der Waals surface area contributed by atoms with Crippen LogP contribution >= 0.6 is 0 Å². The first-order chi connectivity index (χ1) is 13.2. The molecule has 9 nitrogen and oxygen atoms in total. The van der Waals surface area contributed by atoms with Gasteiger partial charge in [-0.2, -0.15) is 0 Å². The van der Waals surface area contributed by atoms with Gasteiger partial charge in [-0.1, -0.05) is 13.3 Å². The Balaban J connectivity index is 3.06. The van der Waals surface area contributed by atoms with Crippen LogP contribution in [0.1, 0.15) is 40.5 Å². The van der Waals surface area contributed by atoms with Crippen molar-refractivity contribution in [1.82, 2.24) is 5.32 Å². The van der Waals surface area contributed by atoms with Crippen LogP contribution in [0.25, 0.3) is 0 Å². The van der Waals surface area contributed by atoms with Gasteiger partial charge in [0, 0.05) is 17.5 Å². The number of carbonyl (C=O) groups excluding carboxylic acids is 4. The van der Waals surface area contributed by atoms with E-state index >= 15 is 0 Å². The van der Waals surface area contributed by atoms with E-state index in [4.69, 9.17) is 14.2 Å². The second-order valence-electron chi connectivity index (χ2n) is 6.59. The highest BCUT2D eigenvalue weighted by Gasteiger charge is 2.46. The summed E-state index contributed by atoms with van der Waals surface area (Å²) < 4.78 is 14.6. The predicted molar refractivity (Wildman–Crippen MR) is 100 cm³/mol. The van der Waals surface area contributed by atoms with E-state index in [-0.39, 0.29) is 17.3 Å². The third-order valence-corrected chi connectivity index (χ3v) is 4.42. The molecule has 1 aliphatic heterocycles. The van der Waals surface area contributed by atoms with Gasteiger partial charge in [0.05, 0.1) is 19.8 Å². The van der Waals surface area contributed by atoms with Gasteiger partial charge in [-0.25, -0.2) is 4.79 Å². The highest BCUT2D eigenvalue weighted by molar-refractivity contribution is 6.10. The van der Waals surface area contributed by atoms with Gasteiger partial charge in [0.2, 0.25) is 0 Å². The minimum atomic E-state index is -1.31. The normalized spacial score (nSPS) is 20.0. The first-order valence-electron chi connectivity index (χ1n) is 9.05.